The zero-order valence-electron chi connectivity index (χ0n) is 21.0. The number of aryl methyl sites for hydroxylation is 1. The number of sulfonamides is 1. The number of anilines is 1. The van der Waals surface area contributed by atoms with Gasteiger partial charge in [-0.25, -0.2) is 8.42 Å². The fourth-order valence-corrected chi connectivity index (χ4v) is 4.47. The van der Waals surface area contributed by atoms with E-state index in [-0.39, 0.29) is 29.8 Å². The summed E-state index contributed by atoms with van der Waals surface area (Å²) in [6.45, 7) is 7.59. The van der Waals surface area contributed by atoms with Gasteiger partial charge in [-0.15, -0.1) is 0 Å². The number of rotatable bonds is 11. The lowest BCUT2D eigenvalue weighted by molar-refractivity contribution is -0.139. The van der Waals surface area contributed by atoms with Crippen LogP contribution in [0.15, 0.2) is 42.5 Å². The summed E-state index contributed by atoms with van der Waals surface area (Å²) in [5.74, 6) is -0.358. The minimum atomic E-state index is -3.90. The molecule has 0 saturated heterocycles. The molecule has 0 aliphatic rings. The van der Waals surface area contributed by atoms with E-state index < -0.39 is 28.5 Å². The second kappa shape index (κ2) is 12.3. The van der Waals surface area contributed by atoms with Crippen LogP contribution < -0.4 is 14.4 Å². The Hall–Kier alpha value is -2.78. The monoisotopic (exact) mass is 523 g/mol. The largest absolute Gasteiger partial charge is 0.495 e. The fourth-order valence-electron chi connectivity index (χ4n) is 3.46. The number of nitrogens with zero attached hydrogens (tertiary/aromatic N) is 2. The molecule has 192 valence electrons. The van der Waals surface area contributed by atoms with Gasteiger partial charge in [0.15, 0.2) is 0 Å². The first kappa shape index (κ1) is 28.5. The topological polar surface area (TPSA) is 96.0 Å². The van der Waals surface area contributed by atoms with Gasteiger partial charge in [0.2, 0.25) is 21.8 Å². The molecule has 2 rings (SSSR count). The summed E-state index contributed by atoms with van der Waals surface area (Å²) >= 11 is 6.12. The van der Waals surface area contributed by atoms with E-state index in [0.717, 1.165) is 21.7 Å². The number of hydrogen-bond donors (Lipinski definition) is 1. The van der Waals surface area contributed by atoms with Crippen LogP contribution >= 0.6 is 11.6 Å². The molecule has 0 aromatic heterocycles. The zero-order chi connectivity index (χ0) is 26.3. The maximum absolute atomic E-state index is 13.6. The molecule has 2 aromatic carbocycles. The summed E-state index contributed by atoms with van der Waals surface area (Å²) in [5.41, 5.74) is 1.95. The Labute approximate surface area is 213 Å². The summed E-state index contributed by atoms with van der Waals surface area (Å²) in [4.78, 5) is 27.9. The van der Waals surface area contributed by atoms with Crippen LogP contribution in [-0.2, 0) is 26.2 Å². The van der Waals surface area contributed by atoms with E-state index in [1.807, 2.05) is 45.0 Å². The number of ether oxygens (including phenoxy) is 1. The summed E-state index contributed by atoms with van der Waals surface area (Å²) in [5, 5.41) is 3.15. The molecule has 2 aromatic rings. The third kappa shape index (κ3) is 7.86. The van der Waals surface area contributed by atoms with Crippen molar-refractivity contribution in [3.05, 3.63) is 58.6 Å². The van der Waals surface area contributed by atoms with Crippen LogP contribution in [0.3, 0.4) is 0 Å². The first-order chi connectivity index (χ1) is 16.3. The molecular weight excluding hydrogens is 490 g/mol. The van der Waals surface area contributed by atoms with Crippen LogP contribution in [-0.4, -0.2) is 57.6 Å². The molecule has 1 atom stereocenters. The average molecular weight is 524 g/mol. The number of halogens is 1. The number of hydrogen-bond acceptors (Lipinski definition) is 5. The summed E-state index contributed by atoms with van der Waals surface area (Å²) in [6.07, 6.45) is 1.01. The van der Waals surface area contributed by atoms with Crippen molar-refractivity contribution >= 4 is 39.1 Å². The van der Waals surface area contributed by atoms with E-state index >= 15 is 0 Å². The summed E-state index contributed by atoms with van der Waals surface area (Å²) in [7, 11) is -2.49. The Balaban J connectivity index is 2.45. The van der Waals surface area contributed by atoms with Crippen LogP contribution in [0.5, 0.6) is 5.75 Å². The highest BCUT2D eigenvalue weighted by Crippen LogP contribution is 2.33. The lowest BCUT2D eigenvalue weighted by atomic mass is 10.1. The molecular formula is C25H34ClN3O5S. The van der Waals surface area contributed by atoms with Gasteiger partial charge in [-0.1, -0.05) is 49.7 Å². The molecule has 0 saturated carbocycles. The Bertz CT molecular complexity index is 1150. The van der Waals surface area contributed by atoms with Crippen molar-refractivity contribution in [1.29, 1.82) is 0 Å². The van der Waals surface area contributed by atoms with E-state index in [9.17, 15) is 18.0 Å². The smallest absolute Gasteiger partial charge is 0.244 e. The van der Waals surface area contributed by atoms with Crippen molar-refractivity contribution in [1.82, 2.24) is 10.2 Å². The van der Waals surface area contributed by atoms with E-state index in [0.29, 0.717) is 11.6 Å². The normalized spacial score (nSPS) is 12.2. The Kier molecular flexibility index (Phi) is 9.97. The number of benzene rings is 2. The van der Waals surface area contributed by atoms with Gasteiger partial charge in [0, 0.05) is 18.1 Å². The van der Waals surface area contributed by atoms with Gasteiger partial charge in [0.05, 0.1) is 19.1 Å². The van der Waals surface area contributed by atoms with Gasteiger partial charge in [-0.05, 0) is 49.1 Å². The second-order valence-electron chi connectivity index (χ2n) is 8.85. The number of carbonyl (C=O) groups excluding carboxylic acids is 2. The van der Waals surface area contributed by atoms with Gasteiger partial charge in [-0.2, -0.15) is 0 Å². The van der Waals surface area contributed by atoms with Gasteiger partial charge in [0.25, 0.3) is 0 Å². The number of carbonyl (C=O) groups is 2. The molecule has 10 heteroatoms. The molecule has 8 nitrogen and oxygen atoms in total. The fraction of sp³-hybridized carbons (Fsp3) is 0.440. The highest BCUT2D eigenvalue weighted by atomic mass is 35.5. The van der Waals surface area contributed by atoms with Gasteiger partial charge < -0.3 is 15.0 Å². The lowest BCUT2D eigenvalue weighted by Crippen LogP contribution is -2.51. The predicted molar refractivity (Wildman–Crippen MR) is 139 cm³/mol. The molecule has 0 aliphatic carbocycles. The Morgan fingerprint density at radius 1 is 1.11 bits per heavy atom. The molecule has 0 fully saturated rings. The standard InChI is InChI=1S/C25H34ClN3O5S/c1-17(2)14-27-25(31)19(4)28(15-20-10-8-7-9-18(20)3)24(30)16-29(35(6,32)33)22-13-21(26)11-12-23(22)34-5/h7-13,17,19H,14-16H2,1-6H3,(H,27,31). The number of nitrogens with one attached hydrogen (secondary N) is 1. The maximum Gasteiger partial charge on any atom is 0.244 e. The molecule has 2 amide bonds. The highest BCUT2D eigenvalue weighted by molar-refractivity contribution is 7.92. The number of methoxy groups -OCH3 is 1. The SMILES string of the molecule is COc1ccc(Cl)cc1N(CC(=O)N(Cc1ccccc1C)C(C)C(=O)NCC(C)C)S(C)(=O)=O. The van der Waals surface area contributed by atoms with Crippen LogP contribution in [0.2, 0.25) is 5.02 Å². The van der Waals surface area contributed by atoms with Crippen LogP contribution in [0, 0.1) is 12.8 Å². The van der Waals surface area contributed by atoms with Crippen molar-refractivity contribution in [2.75, 3.05) is 30.8 Å². The molecule has 0 spiro atoms. The molecule has 0 radical (unpaired) electrons. The lowest BCUT2D eigenvalue weighted by Gasteiger charge is -2.32. The Morgan fingerprint density at radius 3 is 2.34 bits per heavy atom. The molecule has 0 heterocycles. The number of amides is 2. The first-order valence-corrected chi connectivity index (χ1v) is 13.5. The van der Waals surface area contributed by atoms with E-state index in [2.05, 4.69) is 5.32 Å². The molecule has 0 aliphatic heterocycles. The van der Waals surface area contributed by atoms with Crippen LogP contribution in [0.4, 0.5) is 5.69 Å². The van der Waals surface area contributed by atoms with E-state index in [1.165, 1.54) is 24.1 Å². The minimum Gasteiger partial charge on any atom is -0.495 e. The summed E-state index contributed by atoms with van der Waals surface area (Å²) < 4.78 is 31.7. The predicted octanol–water partition coefficient (Wildman–Crippen LogP) is 3.61. The third-order valence-corrected chi connectivity index (χ3v) is 6.90. The van der Waals surface area contributed by atoms with Gasteiger partial charge >= 0.3 is 0 Å². The first-order valence-electron chi connectivity index (χ1n) is 11.3. The van der Waals surface area contributed by atoms with E-state index in [4.69, 9.17) is 16.3 Å². The van der Waals surface area contributed by atoms with Crippen LogP contribution in [0.25, 0.3) is 0 Å². The second-order valence-corrected chi connectivity index (χ2v) is 11.2. The van der Waals surface area contributed by atoms with Crippen molar-refractivity contribution in [3.63, 3.8) is 0 Å². The molecule has 1 unspecified atom stereocenters. The van der Waals surface area contributed by atoms with Gasteiger partial charge in [0.1, 0.15) is 18.3 Å². The third-order valence-electron chi connectivity index (χ3n) is 5.54. The molecule has 1 N–H and O–H groups in total. The van der Waals surface area contributed by atoms with Crippen molar-refractivity contribution in [3.8, 4) is 5.75 Å². The van der Waals surface area contributed by atoms with Crippen LogP contribution in [0.1, 0.15) is 31.9 Å². The maximum atomic E-state index is 13.6. The molecule has 35 heavy (non-hydrogen) atoms. The zero-order valence-corrected chi connectivity index (χ0v) is 22.6. The summed E-state index contributed by atoms with van der Waals surface area (Å²) in [6, 6.07) is 11.2. The van der Waals surface area contributed by atoms with Crippen molar-refractivity contribution in [2.24, 2.45) is 5.92 Å². The quantitative estimate of drug-likeness (QED) is 0.485. The minimum absolute atomic E-state index is 0.142. The van der Waals surface area contributed by atoms with Crippen molar-refractivity contribution < 1.29 is 22.7 Å². The van der Waals surface area contributed by atoms with Crippen molar-refractivity contribution in [2.45, 2.75) is 40.3 Å². The van der Waals surface area contributed by atoms with Gasteiger partial charge in [-0.3, -0.25) is 13.9 Å². The average Bonchev–Trinajstić information content (AvgIpc) is 2.79. The molecule has 0 bridgehead atoms. The van der Waals surface area contributed by atoms with E-state index in [1.54, 1.807) is 13.0 Å². The Morgan fingerprint density at radius 2 is 1.77 bits per heavy atom. The highest BCUT2D eigenvalue weighted by Gasteiger charge is 2.31.